The Morgan fingerprint density at radius 3 is 2.50 bits per heavy atom. The van der Waals surface area contributed by atoms with Crippen molar-refractivity contribution in [2.24, 2.45) is 5.92 Å². The lowest BCUT2D eigenvalue weighted by molar-refractivity contribution is -0.129. The number of hydrogen-bond donors (Lipinski definition) is 1. The van der Waals surface area contributed by atoms with Crippen molar-refractivity contribution >= 4 is 29.1 Å². The van der Waals surface area contributed by atoms with Gasteiger partial charge in [0.15, 0.2) is 0 Å². The summed E-state index contributed by atoms with van der Waals surface area (Å²) in [4.78, 5) is 43.2. The van der Waals surface area contributed by atoms with Crippen LogP contribution in [0.3, 0.4) is 0 Å². The lowest BCUT2D eigenvalue weighted by Gasteiger charge is -2.49. The number of para-hydroxylation sites is 1. The maximum absolute atomic E-state index is 13.7. The van der Waals surface area contributed by atoms with Gasteiger partial charge in [-0.1, -0.05) is 26.0 Å². The van der Waals surface area contributed by atoms with Crippen molar-refractivity contribution in [3.05, 3.63) is 54.1 Å². The molecular weight excluding hydrogens is 382 g/mol. The first-order valence-electron chi connectivity index (χ1n) is 10.1. The van der Waals surface area contributed by atoms with Crippen molar-refractivity contribution in [2.75, 3.05) is 23.9 Å². The van der Waals surface area contributed by atoms with E-state index in [0.717, 1.165) is 0 Å². The first kappa shape index (κ1) is 19.9. The number of nitrogens with zero attached hydrogens (tertiary/aromatic N) is 2. The summed E-state index contributed by atoms with van der Waals surface area (Å²) in [5.74, 6) is 0.0280. The molecule has 1 saturated heterocycles. The van der Waals surface area contributed by atoms with Gasteiger partial charge in [0.1, 0.15) is 5.75 Å². The standard InChI is InChI=1S/C23H25N3O4/c1-15(2)14-25-21(28)18-6-4-5-7-19(18)26-20(27)12-13-23(25,26)22(29)24-16-8-10-17(30-3)11-9-16/h4-11,15H,12-14H2,1-3H3,(H,24,29). The molecule has 0 spiro atoms. The zero-order valence-electron chi connectivity index (χ0n) is 17.3. The highest BCUT2D eigenvalue weighted by Crippen LogP contribution is 2.45. The predicted octanol–water partition coefficient (Wildman–Crippen LogP) is 3.27. The molecule has 2 aliphatic rings. The van der Waals surface area contributed by atoms with Gasteiger partial charge in [-0.3, -0.25) is 19.3 Å². The minimum Gasteiger partial charge on any atom is -0.497 e. The lowest BCUT2D eigenvalue weighted by atomic mass is 9.94. The van der Waals surface area contributed by atoms with E-state index in [1.165, 1.54) is 4.90 Å². The normalized spacial score (nSPS) is 20.3. The molecule has 2 aromatic carbocycles. The van der Waals surface area contributed by atoms with Gasteiger partial charge in [-0.15, -0.1) is 0 Å². The minimum absolute atomic E-state index is 0.127. The average molecular weight is 407 g/mol. The highest BCUT2D eigenvalue weighted by molar-refractivity contribution is 6.18. The van der Waals surface area contributed by atoms with E-state index in [4.69, 9.17) is 4.74 Å². The van der Waals surface area contributed by atoms with Crippen LogP contribution in [0.4, 0.5) is 11.4 Å². The number of anilines is 2. The molecule has 0 saturated carbocycles. The number of amides is 3. The van der Waals surface area contributed by atoms with E-state index in [1.807, 2.05) is 13.8 Å². The van der Waals surface area contributed by atoms with Gasteiger partial charge < -0.3 is 15.0 Å². The van der Waals surface area contributed by atoms with Crippen molar-refractivity contribution in [1.82, 2.24) is 4.90 Å². The van der Waals surface area contributed by atoms with Gasteiger partial charge in [0, 0.05) is 25.1 Å². The maximum Gasteiger partial charge on any atom is 0.271 e. The molecule has 4 rings (SSSR count). The second-order valence-electron chi connectivity index (χ2n) is 8.06. The van der Waals surface area contributed by atoms with Crippen LogP contribution in [0.15, 0.2) is 48.5 Å². The summed E-state index contributed by atoms with van der Waals surface area (Å²) in [5, 5.41) is 2.92. The molecule has 7 heteroatoms. The van der Waals surface area contributed by atoms with E-state index >= 15 is 0 Å². The summed E-state index contributed by atoms with van der Waals surface area (Å²) in [6.45, 7) is 4.35. The Morgan fingerprint density at radius 1 is 1.13 bits per heavy atom. The summed E-state index contributed by atoms with van der Waals surface area (Å²) in [6.07, 6.45) is 0.451. The number of hydrogen-bond acceptors (Lipinski definition) is 4. The highest BCUT2D eigenvalue weighted by Gasteiger charge is 2.60. The molecular formula is C23H25N3O4. The molecule has 3 amide bonds. The van der Waals surface area contributed by atoms with Crippen molar-refractivity contribution < 1.29 is 19.1 Å². The van der Waals surface area contributed by atoms with E-state index < -0.39 is 5.66 Å². The third kappa shape index (κ3) is 3.01. The number of ether oxygens (including phenoxy) is 1. The largest absolute Gasteiger partial charge is 0.497 e. The van der Waals surface area contributed by atoms with Gasteiger partial charge in [0.2, 0.25) is 11.6 Å². The SMILES string of the molecule is COc1ccc(NC(=O)C23CCC(=O)N2c2ccccc2C(=O)N3CC(C)C)cc1. The van der Waals surface area contributed by atoms with E-state index in [2.05, 4.69) is 5.32 Å². The molecule has 7 nitrogen and oxygen atoms in total. The number of methoxy groups -OCH3 is 1. The number of carbonyl (C=O) groups is 3. The van der Waals surface area contributed by atoms with Crippen LogP contribution in [0.25, 0.3) is 0 Å². The van der Waals surface area contributed by atoms with Gasteiger partial charge in [0.05, 0.1) is 18.4 Å². The van der Waals surface area contributed by atoms with Gasteiger partial charge in [-0.2, -0.15) is 0 Å². The summed E-state index contributed by atoms with van der Waals surface area (Å²) in [6, 6.07) is 14.0. The van der Waals surface area contributed by atoms with Crippen molar-refractivity contribution in [3.63, 3.8) is 0 Å². The third-order valence-corrected chi connectivity index (χ3v) is 5.63. The molecule has 1 N–H and O–H groups in total. The van der Waals surface area contributed by atoms with E-state index in [9.17, 15) is 14.4 Å². The zero-order valence-corrected chi connectivity index (χ0v) is 17.3. The molecule has 30 heavy (non-hydrogen) atoms. The summed E-state index contributed by atoms with van der Waals surface area (Å²) < 4.78 is 5.17. The minimum atomic E-state index is -1.38. The van der Waals surface area contributed by atoms with Crippen LogP contribution in [0, 0.1) is 5.92 Å². The number of rotatable bonds is 5. The Bertz CT molecular complexity index is 1000. The number of carbonyl (C=O) groups excluding carboxylic acids is 3. The molecule has 0 aromatic heterocycles. The fourth-order valence-corrected chi connectivity index (χ4v) is 4.31. The smallest absolute Gasteiger partial charge is 0.271 e. The first-order valence-corrected chi connectivity index (χ1v) is 10.1. The monoisotopic (exact) mass is 407 g/mol. The topological polar surface area (TPSA) is 79.0 Å². The van der Waals surface area contributed by atoms with Crippen LogP contribution in [-0.4, -0.2) is 41.9 Å². The Balaban J connectivity index is 1.80. The molecule has 1 atom stereocenters. The van der Waals surface area contributed by atoms with Gasteiger partial charge in [-0.05, 0) is 42.3 Å². The summed E-state index contributed by atoms with van der Waals surface area (Å²) in [7, 11) is 1.57. The van der Waals surface area contributed by atoms with Gasteiger partial charge in [-0.25, -0.2) is 0 Å². The van der Waals surface area contributed by atoms with Crippen LogP contribution >= 0.6 is 0 Å². The second kappa shape index (κ2) is 7.48. The summed E-state index contributed by atoms with van der Waals surface area (Å²) in [5.41, 5.74) is 0.133. The average Bonchev–Trinajstić information content (AvgIpc) is 3.10. The van der Waals surface area contributed by atoms with Crippen molar-refractivity contribution in [2.45, 2.75) is 32.4 Å². The van der Waals surface area contributed by atoms with Gasteiger partial charge in [0.25, 0.3) is 11.8 Å². The Hall–Kier alpha value is -3.35. The van der Waals surface area contributed by atoms with E-state index in [0.29, 0.717) is 29.2 Å². The highest BCUT2D eigenvalue weighted by atomic mass is 16.5. The van der Waals surface area contributed by atoms with Crippen LogP contribution in [0.1, 0.15) is 37.0 Å². The molecule has 1 unspecified atom stereocenters. The molecule has 2 aromatic rings. The maximum atomic E-state index is 13.7. The third-order valence-electron chi connectivity index (χ3n) is 5.63. The fraction of sp³-hybridized carbons (Fsp3) is 0.348. The molecule has 2 heterocycles. The number of nitrogens with one attached hydrogen (secondary N) is 1. The molecule has 0 radical (unpaired) electrons. The Morgan fingerprint density at radius 2 is 1.83 bits per heavy atom. The van der Waals surface area contributed by atoms with Crippen LogP contribution in [0.5, 0.6) is 5.75 Å². The Labute approximate surface area is 175 Å². The number of benzene rings is 2. The Kier molecular flexibility index (Phi) is 4.97. The van der Waals surface area contributed by atoms with Gasteiger partial charge >= 0.3 is 0 Å². The molecule has 0 aliphatic carbocycles. The summed E-state index contributed by atoms with van der Waals surface area (Å²) >= 11 is 0. The predicted molar refractivity (Wildman–Crippen MR) is 113 cm³/mol. The lowest BCUT2D eigenvalue weighted by Crippen LogP contribution is -2.69. The van der Waals surface area contributed by atoms with E-state index in [1.54, 1.807) is 60.5 Å². The first-order chi connectivity index (χ1) is 14.4. The van der Waals surface area contributed by atoms with Crippen molar-refractivity contribution in [3.8, 4) is 5.75 Å². The zero-order chi connectivity index (χ0) is 21.5. The number of fused-ring (bicyclic) bond motifs is 3. The van der Waals surface area contributed by atoms with Crippen LogP contribution in [0.2, 0.25) is 0 Å². The molecule has 2 aliphatic heterocycles. The molecule has 0 bridgehead atoms. The molecule has 156 valence electrons. The second-order valence-corrected chi connectivity index (χ2v) is 8.06. The fourth-order valence-electron chi connectivity index (χ4n) is 4.31. The van der Waals surface area contributed by atoms with Crippen molar-refractivity contribution in [1.29, 1.82) is 0 Å². The van der Waals surface area contributed by atoms with Crippen LogP contribution in [-0.2, 0) is 9.59 Å². The quantitative estimate of drug-likeness (QED) is 0.825. The van der Waals surface area contributed by atoms with Crippen LogP contribution < -0.4 is 15.0 Å². The molecule has 1 fully saturated rings. The van der Waals surface area contributed by atoms with E-state index in [-0.39, 0.29) is 36.5 Å².